The van der Waals surface area contributed by atoms with Crippen LogP contribution in [0.5, 0.6) is 11.5 Å². The number of carbonyl (C=O) groups excluding carboxylic acids is 1. The van der Waals surface area contributed by atoms with E-state index in [1.165, 1.54) is 0 Å². The Bertz CT molecular complexity index is 1030. The summed E-state index contributed by atoms with van der Waals surface area (Å²) in [6.07, 6.45) is 0. The minimum Gasteiger partial charge on any atom is -0.493 e. The molecule has 0 aliphatic rings. The third-order valence-electron chi connectivity index (χ3n) is 5.01. The Labute approximate surface area is 185 Å². The quantitative estimate of drug-likeness (QED) is 0.476. The number of para-hydroxylation sites is 1. The molecule has 0 aliphatic heterocycles. The van der Waals surface area contributed by atoms with Gasteiger partial charge in [-0.05, 0) is 61.2 Å². The van der Waals surface area contributed by atoms with Crippen molar-refractivity contribution in [2.45, 2.75) is 46.6 Å². The molecule has 0 bridgehead atoms. The maximum atomic E-state index is 12.8. The van der Waals surface area contributed by atoms with Crippen LogP contribution in [0.4, 0.5) is 5.69 Å². The van der Waals surface area contributed by atoms with E-state index in [1.54, 1.807) is 6.07 Å². The van der Waals surface area contributed by atoms with Crippen molar-refractivity contribution in [1.29, 1.82) is 0 Å². The first-order valence-electron chi connectivity index (χ1n) is 10.6. The molecule has 0 spiro atoms. The number of hydrogen-bond donors (Lipinski definition) is 1. The SMILES string of the molecule is CCOc1ccc(C(=O)Nc2ccc(C)cc2)cc1COc1ccccc1C(C)(C)C. The molecule has 4 heteroatoms. The minimum absolute atomic E-state index is 0.0326. The highest BCUT2D eigenvalue weighted by Gasteiger charge is 2.19. The van der Waals surface area contributed by atoms with Crippen molar-refractivity contribution in [3.8, 4) is 11.5 Å². The summed E-state index contributed by atoms with van der Waals surface area (Å²) in [6.45, 7) is 11.3. The average Bonchev–Trinajstić information content (AvgIpc) is 2.74. The zero-order valence-electron chi connectivity index (χ0n) is 19.0. The maximum Gasteiger partial charge on any atom is 0.255 e. The zero-order chi connectivity index (χ0) is 22.4. The van der Waals surface area contributed by atoms with Crippen molar-refractivity contribution < 1.29 is 14.3 Å². The lowest BCUT2D eigenvalue weighted by molar-refractivity contribution is 0.102. The molecular weight excluding hydrogens is 386 g/mol. The van der Waals surface area contributed by atoms with Gasteiger partial charge in [0.25, 0.3) is 5.91 Å². The molecule has 162 valence electrons. The van der Waals surface area contributed by atoms with E-state index in [4.69, 9.17) is 9.47 Å². The van der Waals surface area contributed by atoms with Gasteiger partial charge < -0.3 is 14.8 Å². The third kappa shape index (κ3) is 5.88. The molecule has 0 atom stereocenters. The van der Waals surface area contributed by atoms with Crippen LogP contribution in [0.3, 0.4) is 0 Å². The first kappa shape index (κ1) is 22.4. The lowest BCUT2D eigenvalue weighted by atomic mass is 9.86. The van der Waals surface area contributed by atoms with Crippen LogP contribution >= 0.6 is 0 Å². The van der Waals surface area contributed by atoms with Gasteiger partial charge in [0.2, 0.25) is 0 Å². The largest absolute Gasteiger partial charge is 0.493 e. The van der Waals surface area contributed by atoms with Crippen molar-refractivity contribution in [2.24, 2.45) is 0 Å². The number of anilines is 1. The Balaban J connectivity index is 1.82. The van der Waals surface area contributed by atoms with E-state index in [9.17, 15) is 4.79 Å². The van der Waals surface area contributed by atoms with Gasteiger partial charge in [-0.25, -0.2) is 0 Å². The molecule has 0 fully saturated rings. The number of benzene rings is 3. The highest BCUT2D eigenvalue weighted by molar-refractivity contribution is 6.04. The summed E-state index contributed by atoms with van der Waals surface area (Å²) in [5, 5.41) is 2.95. The second-order valence-electron chi connectivity index (χ2n) is 8.61. The van der Waals surface area contributed by atoms with Crippen molar-refractivity contribution in [3.05, 3.63) is 89.0 Å². The smallest absolute Gasteiger partial charge is 0.255 e. The molecule has 3 aromatic rings. The third-order valence-corrected chi connectivity index (χ3v) is 5.01. The second-order valence-corrected chi connectivity index (χ2v) is 8.61. The Hall–Kier alpha value is -3.27. The summed E-state index contributed by atoms with van der Waals surface area (Å²) in [6, 6.07) is 21.3. The fourth-order valence-electron chi connectivity index (χ4n) is 3.34. The Morgan fingerprint density at radius 3 is 2.29 bits per heavy atom. The summed E-state index contributed by atoms with van der Waals surface area (Å²) in [5.41, 5.74) is 4.42. The monoisotopic (exact) mass is 417 g/mol. The number of amides is 1. The second kappa shape index (κ2) is 9.69. The van der Waals surface area contributed by atoms with E-state index in [2.05, 4.69) is 32.2 Å². The predicted molar refractivity (Wildman–Crippen MR) is 126 cm³/mol. The minimum atomic E-state index is -0.164. The van der Waals surface area contributed by atoms with Crippen molar-refractivity contribution in [1.82, 2.24) is 0 Å². The molecule has 0 saturated heterocycles. The van der Waals surface area contributed by atoms with E-state index in [0.717, 1.165) is 33.9 Å². The fourth-order valence-corrected chi connectivity index (χ4v) is 3.34. The number of aryl methyl sites for hydroxylation is 1. The standard InChI is InChI=1S/C27H31NO3/c1-6-30-24-16-13-20(26(29)28-22-14-11-19(2)12-15-22)17-21(24)18-31-25-10-8-7-9-23(25)27(3,4)5/h7-17H,6,18H2,1-5H3,(H,28,29). The van der Waals surface area contributed by atoms with Crippen LogP contribution in [0.25, 0.3) is 0 Å². The molecule has 4 nitrogen and oxygen atoms in total. The molecule has 0 unspecified atom stereocenters. The van der Waals surface area contributed by atoms with Crippen LogP contribution in [-0.4, -0.2) is 12.5 Å². The number of hydrogen-bond acceptors (Lipinski definition) is 3. The molecule has 0 radical (unpaired) electrons. The average molecular weight is 418 g/mol. The number of ether oxygens (including phenoxy) is 2. The molecule has 31 heavy (non-hydrogen) atoms. The Morgan fingerprint density at radius 2 is 1.61 bits per heavy atom. The zero-order valence-corrected chi connectivity index (χ0v) is 19.0. The van der Waals surface area contributed by atoms with Crippen LogP contribution in [-0.2, 0) is 12.0 Å². The van der Waals surface area contributed by atoms with Crippen molar-refractivity contribution in [3.63, 3.8) is 0 Å². The molecule has 3 rings (SSSR count). The van der Waals surface area contributed by atoms with Gasteiger partial charge in [0.05, 0.1) is 6.61 Å². The molecule has 1 N–H and O–H groups in total. The van der Waals surface area contributed by atoms with Gasteiger partial charge in [-0.2, -0.15) is 0 Å². The van der Waals surface area contributed by atoms with Gasteiger partial charge in [0.1, 0.15) is 18.1 Å². The van der Waals surface area contributed by atoms with Gasteiger partial charge in [0.15, 0.2) is 0 Å². The van der Waals surface area contributed by atoms with Crippen molar-refractivity contribution >= 4 is 11.6 Å². The molecular formula is C27H31NO3. The van der Waals surface area contributed by atoms with E-state index in [0.29, 0.717) is 18.8 Å². The van der Waals surface area contributed by atoms with Crippen LogP contribution < -0.4 is 14.8 Å². The summed E-state index contributed by atoms with van der Waals surface area (Å²) in [7, 11) is 0. The molecule has 0 heterocycles. The highest BCUT2D eigenvalue weighted by atomic mass is 16.5. The van der Waals surface area contributed by atoms with Gasteiger partial charge in [0, 0.05) is 16.8 Å². The fraction of sp³-hybridized carbons (Fsp3) is 0.296. The lowest BCUT2D eigenvalue weighted by Crippen LogP contribution is -2.14. The van der Waals surface area contributed by atoms with E-state index < -0.39 is 0 Å². The highest BCUT2D eigenvalue weighted by Crippen LogP contribution is 2.32. The Kier molecular flexibility index (Phi) is 7.01. The summed E-state index contributed by atoms with van der Waals surface area (Å²) < 4.78 is 12.0. The van der Waals surface area contributed by atoms with E-state index >= 15 is 0 Å². The summed E-state index contributed by atoms with van der Waals surface area (Å²) >= 11 is 0. The van der Waals surface area contributed by atoms with Gasteiger partial charge >= 0.3 is 0 Å². The first-order valence-corrected chi connectivity index (χ1v) is 10.6. The predicted octanol–water partition coefficient (Wildman–Crippen LogP) is 6.52. The summed E-state index contributed by atoms with van der Waals surface area (Å²) in [5.74, 6) is 1.40. The number of rotatable bonds is 7. The van der Waals surface area contributed by atoms with E-state index in [1.807, 2.05) is 68.4 Å². The maximum absolute atomic E-state index is 12.8. The van der Waals surface area contributed by atoms with Crippen LogP contribution in [0, 0.1) is 6.92 Å². The molecule has 0 aromatic heterocycles. The van der Waals surface area contributed by atoms with Crippen molar-refractivity contribution in [2.75, 3.05) is 11.9 Å². The molecule has 0 aliphatic carbocycles. The van der Waals surface area contributed by atoms with Gasteiger partial charge in [-0.15, -0.1) is 0 Å². The summed E-state index contributed by atoms with van der Waals surface area (Å²) in [4.78, 5) is 12.8. The molecule has 3 aromatic carbocycles. The first-order chi connectivity index (χ1) is 14.8. The molecule has 0 saturated carbocycles. The van der Waals surface area contributed by atoms with Gasteiger partial charge in [-0.3, -0.25) is 4.79 Å². The molecule has 1 amide bonds. The number of carbonyl (C=O) groups is 1. The van der Waals surface area contributed by atoms with Crippen LogP contribution in [0.15, 0.2) is 66.7 Å². The normalized spacial score (nSPS) is 11.1. The van der Waals surface area contributed by atoms with E-state index in [-0.39, 0.29) is 11.3 Å². The Morgan fingerprint density at radius 1 is 0.903 bits per heavy atom. The van der Waals surface area contributed by atoms with Crippen LogP contribution in [0.1, 0.15) is 54.7 Å². The van der Waals surface area contributed by atoms with Gasteiger partial charge in [-0.1, -0.05) is 56.7 Å². The number of nitrogens with one attached hydrogen (secondary N) is 1. The topological polar surface area (TPSA) is 47.6 Å². The lowest BCUT2D eigenvalue weighted by Gasteiger charge is -2.23. The van der Waals surface area contributed by atoms with Crippen LogP contribution in [0.2, 0.25) is 0 Å².